The number of benzene rings is 2. The predicted molar refractivity (Wildman–Crippen MR) is 129 cm³/mol. The first-order valence-electron chi connectivity index (χ1n) is 10.6. The normalized spacial score (nSPS) is 18.8. The molecule has 0 spiro atoms. The number of carbonyl (C=O) groups excluding carboxylic acids is 1. The van der Waals surface area contributed by atoms with Gasteiger partial charge in [0.15, 0.2) is 6.29 Å². The van der Waals surface area contributed by atoms with Crippen LogP contribution >= 0.6 is 11.8 Å². The lowest BCUT2D eigenvalue weighted by Gasteiger charge is -2.33. The van der Waals surface area contributed by atoms with Crippen molar-refractivity contribution in [1.82, 2.24) is 9.88 Å². The van der Waals surface area contributed by atoms with Crippen LogP contribution in [-0.4, -0.2) is 66.3 Å². The largest absolute Gasteiger partial charge is 0.391 e. The summed E-state index contributed by atoms with van der Waals surface area (Å²) < 4.78 is 5.50. The van der Waals surface area contributed by atoms with Crippen LogP contribution in [0.4, 0.5) is 5.69 Å². The third kappa shape index (κ3) is 4.85. The first-order valence-corrected chi connectivity index (χ1v) is 11.8. The molecule has 0 unspecified atom stereocenters. The summed E-state index contributed by atoms with van der Waals surface area (Å²) in [6.07, 6.45) is 7.22. The molecule has 32 heavy (non-hydrogen) atoms. The number of aliphatic imine (C=N–C) groups is 1. The van der Waals surface area contributed by atoms with Gasteiger partial charge in [-0.05, 0) is 53.8 Å². The fourth-order valence-corrected chi connectivity index (χ4v) is 4.50. The molecule has 0 aliphatic carbocycles. The standard InChI is InChI=1S/C25H27N3O3S/c1-28(22-15-31-10-8-23(22)30)16-27-25-19(14-29)13-18(20-5-3-4-6-21(20)25)11-17-7-9-26-24(12-17)32-2/h3-7,9,12-14,16,22-23,30H,8,10-11,15H2,1-2H3/b27-16-/t22-,23-/m0/s1. The van der Waals surface area contributed by atoms with Crippen LogP contribution in [0.15, 0.2) is 58.7 Å². The Kier molecular flexibility index (Phi) is 7.19. The second kappa shape index (κ2) is 10.3. The van der Waals surface area contributed by atoms with Crippen LogP contribution in [0.3, 0.4) is 0 Å². The van der Waals surface area contributed by atoms with E-state index in [1.807, 2.05) is 54.7 Å². The van der Waals surface area contributed by atoms with E-state index in [2.05, 4.69) is 22.1 Å². The van der Waals surface area contributed by atoms with E-state index in [-0.39, 0.29) is 6.04 Å². The number of aldehydes is 1. The van der Waals surface area contributed by atoms with Crippen molar-refractivity contribution in [3.05, 3.63) is 65.4 Å². The van der Waals surface area contributed by atoms with E-state index in [4.69, 9.17) is 4.74 Å². The number of ether oxygens (including phenoxy) is 1. The highest BCUT2D eigenvalue weighted by atomic mass is 32.2. The molecular formula is C25H27N3O3S. The highest BCUT2D eigenvalue weighted by Crippen LogP contribution is 2.33. The number of aromatic nitrogens is 1. The zero-order valence-corrected chi connectivity index (χ0v) is 19.1. The summed E-state index contributed by atoms with van der Waals surface area (Å²) in [7, 11) is 1.87. The Balaban J connectivity index is 1.71. The van der Waals surface area contributed by atoms with Gasteiger partial charge in [-0.25, -0.2) is 9.98 Å². The molecule has 1 aromatic heterocycles. The van der Waals surface area contributed by atoms with Crippen molar-refractivity contribution in [1.29, 1.82) is 0 Å². The molecule has 166 valence electrons. The summed E-state index contributed by atoms with van der Waals surface area (Å²) in [5.74, 6) is 0. The molecule has 1 N–H and O–H groups in total. The molecular weight excluding hydrogens is 422 g/mol. The monoisotopic (exact) mass is 449 g/mol. The minimum atomic E-state index is -0.462. The number of thioether (sulfide) groups is 1. The van der Waals surface area contributed by atoms with Crippen molar-refractivity contribution in [3.63, 3.8) is 0 Å². The van der Waals surface area contributed by atoms with Gasteiger partial charge in [0.2, 0.25) is 0 Å². The van der Waals surface area contributed by atoms with Crippen LogP contribution in [-0.2, 0) is 11.2 Å². The van der Waals surface area contributed by atoms with E-state index in [1.54, 1.807) is 18.1 Å². The van der Waals surface area contributed by atoms with E-state index >= 15 is 0 Å². The lowest BCUT2D eigenvalue weighted by Crippen LogP contribution is -2.47. The summed E-state index contributed by atoms with van der Waals surface area (Å²) in [5.41, 5.74) is 3.40. The van der Waals surface area contributed by atoms with E-state index in [0.29, 0.717) is 37.3 Å². The Hall–Kier alpha value is -2.74. The molecule has 7 heteroatoms. The fraction of sp³-hybridized carbons (Fsp3) is 0.320. The molecule has 2 atom stereocenters. The number of rotatable bonds is 7. The third-order valence-corrected chi connectivity index (χ3v) is 6.49. The highest BCUT2D eigenvalue weighted by Gasteiger charge is 2.26. The number of likely N-dealkylation sites (N-methyl/N-ethyl adjacent to an activating group) is 1. The molecule has 4 rings (SSSR count). The zero-order chi connectivity index (χ0) is 22.5. The van der Waals surface area contributed by atoms with Crippen LogP contribution in [0.25, 0.3) is 10.8 Å². The quantitative estimate of drug-likeness (QED) is 0.253. The van der Waals surface area contributed by atoms with Crippen LogP contribution in [0, 0.1) is 0 Å². The Morgan fingerprint density at radius 2 is 2.09 bits per heavy atom. The summed E-state index contributed by atoms with van der Waals surface area (Å²) in [6.45, 7) is 1.02. The van der Waals surface area contributed by atoms with Crippen molar-refractivity contribution in [2.24, 2.45) is 4.99 Å². The number of pyridine rings is 1. The van der Waals surface area contributed by atoms with Crippen LogP contribution < -0.4 is 0 Å². The van der Waals surface area contributed by atoms with Gasteiger partial charge in [0.05, 0.1) is 35.8 Å². The molecule has 2 aromatic carbocycles. The van der Waals surface area contributed by atoms with E-state index in [9.17, 15) is 9.90 Å². The van der Waals surface area contributed by atoms with Crippen molar-refractivity contribution in [2.45, 2.75) is 30.0 Å². The van der Waals surface area contributed by atoms with E-state index in [0.717, 1.165) is 33.2 Å². The van der Waals surface area contributed by atoms with Crippen LogP contribution in [0.5, 0.6) is 0 Å². The maximum Gasteiger partial charge on any atom is 0.152 e. The maximum atomic E-state index is 12.0. The fourth-order valence-electron chi connectivity index (χ4n) is 4.07. The highest BCUT2D eigenvalue weighted by molar-refractivity contribution is 7.98. The number of nitrogens with zero attached hydrogens (tertiary/aromatic N) is 3. The van der Waals surface area contributed by atoms with Gasteiger partial charge < -0.3 is 14.7 Å². The van der Waals surface area contributed by atoms with Crippen molar-refractivity contribution in [2.75, 3.05) is 26.5 Å². The number of fused-ring (bicyclic) bond motifs is 1. The molecule has 2 heterocycles. The summed E-state index contributed by atoms with van der Waals surface area (Å²) in [4.78, 5) is 22.9. The van der Waals surface area contributed by atoms with Gasteiger partial charge in [-0.3, -0.25) is 4.79 Å². The molecule has 0 saturated carbocycles. The topological polar surface area (TPSA) is 75.0 Å². The summed E-state index contributed by atoms with van der Waals surface area (Å²) >= 11 is 1.61. The van der Waals surface area contributed by atoms with E-state index in [1.165, 1.54) is 0 Å². The van der Waals surface area contributed by atoms with Gasteiger partial charge >= 0.3 is 0 Å². The lowest BCUT2D eigenvalue weighted by molar-refractivity contribution is -0.0364. The Bertz CT molecular complexity index is 1130. The number of hydrogen-bond acceptors (Lipinski definition) is 6. The molecule has 1 saturated heterocycles. The number of carbonyl (C=O) groups is 1. The second-order valence-corrected chi connectivity index (χ2v) is 8.76. The van der Waals surface area contributed by atoms with Crippen molar-refractivity contribution in [3.8, 4) is 0 Å². The minimum Gasteiger partial charge on any atom is -0.391 e. The van der Waals surface area contributed by atoms with Crippen molar-refractivity contribution < 1.29 is 14.6 Å². The zero-order valence-electron chi connectivity index (χ0n) is 18.3. The molecule has 0 bridgehead atoms. The smallest absolute Gasteiger partial charge is 0.152 e. The Morgan fingerprint density at radius 1 is 1.28 bits per heavy atom. The maximum absolute atomic E-state index is 12.0. The van der Waals surface area contributed by atoms with Crippen molar-refractivity contribution >= 4 is 40.8 Å². The summed E-state index contributed by atoms with van der Waals surface area (Å²) in [5, 5.41) is 13.2. The first-order chi connectivity index (χ1) is 15.6. The molecule has 6 nitrogen and oxygen atoms in total. The number of aliphatic hydroxyl groups is 1. The molecule has 1 fully saturated rings. The average molecular weight is 450 g/mol. The molecule has 0 amide bonds. The molecule has 1 aliphatic heterocycles. The van der Waals surface area contributed by atoms with Gasteiger partial charge in [-0.2, -0.15) is 0 Å². The van der Waals surface area contributed by atoms with Crippen LogP contribution in [0.2, 0.25) is 0 Å². The summed E-state index contributed by atoms with van der Waals surface area (Å²) in [6, 6.07) is 13.9. The molecule has 3 aromatic rings. The van der Waals surface area contributed by atoms with Gasteiger partial charge in [0, 0.05) is 30.8 Å². The Morgan fingerprint density at radius 3 is 2.84 bits per heavy atom. The third-order valence-electron chi connectivity index (χ3n) is 5.84. The van der Waals surface area contributed by atoms with Gasteiger partial charge in [0.25, 0.3) is 0 Å². The lowest BCUT2D eigenvalue weighted by atomic mass is 9.95. The van der Waals surface area contributed by atoms with E-state index < -0.39 is 6.10 Å². The van der Waals surface area contributed by atoms with Crippen LogP contribution in [0.1, 0.15) is 27.9 Å². The molecule has 1 aliphatic rings. The predicted octanol–water partition coefficient (Wildman–Crippen LogP) is 4.10. The number of hydrogen-bond donors (Lipinski definition) is 1. The SMILES string of the molecule is CSc1cc(Cc2cc(C=O)c(/N=C\N(C)[C@H]3COCC[C@@H]3O)c3ccccc23)ccn1. The van der Waals surface area contributed by atoms with Gasteiger partial charge in [0.1, 0.15) is 0 Å². The average Bonchev–Trinajstić information content (AvgIpc) is 2.83. The minimum absolute atomic E-state index is 0.157. The first kappa shape index (κ1) is 22.5. The van der Waals surface area contributed by atoms with Gasteiger partial charge in [-0.15, -0.1) is 11.8 Å². The van der Waals surface area contributed by atoms with Gasteiger partial charge in [-0.1, -0.05) is 24.3 Å². The Labute approximate surface area is 192 Å². The molecule has 0 radical (unpaired) electrons. The second-order valence-electron chi connectivity index (χ2n) is 7.93. The number of aliphatic hydroxyl groups excluding tert-OH is 1.